The van der Waals surface area contributed by atoms with Gasteiger partial charge in [-0.1, -0.05) is 11.6 Å². The second-order valence-corrected chi connectivity index (χ2v) is 8.66. The van der Waals surface area contributed by atoms with Crippen molar-refractivity contribution < 1.29 is 9.53 Å². The third-order valence-corrected chi connectivity index (χ3v) is 5.28. The molecule has 7 heteroatoms. The Morgan fingerprint density at radius 1 is 1.20 bits per heavy atom. The molecule has 3 heterocycles. The van der Waals surface area contributed by atoms with Crippen LogP contribution in [-0.4, -0.2) is 57.9 Å². The molecule has 0 aromatic carbocycles. The fraction of sp³-hybridized carbons (Fsp3) is 0.722. The highest BCUT2D eigenvalue weighted by molar-refractivity contribution is 6.29. The molecule has 0 aliphatic carbocycles. The highest BCUT2D eigenvalue weighted by Crippen LogP contribution is 2.41. The van der Waals surface area contributed by atoms with Crippen molar-refractivity contribution in [2.75, 3.05) is 26.2 Å². The Labute approximate surface area is 154 Å². The normalized spacial score (nSPS) is 20.9. The molecule has 2 saturated heterocycles. The number of carbonyl (C=O) groups is 1. The summed E-state index contributed by atoms with van der Waals surface area (Å²) < 4.78 is 5.52. The van der Waals surface area contributed by atoms with Crippen molar-refractivity contribution in [3.63, 3.8) is 0 Å². The molecule has 2 fully saturated rings. The molecule has 2 aliphatic rings. The van der Waals surface area contributed by atoms with E-state index in [9.17, 15) is 4.79 Å². The van der Waals surface area contributed by atoms with Crippen molar-refractivity contribution in [1.82, 2.24) is 20.0 Å². The molecule has 0 atom stereocenters. The fourth-order valence-electron chi connectivity index (χ4n) is 3.67. The van der Waals surface area contributed by atoms with Crippen LogP contribution in [-0.2, 0) is 11.3 Å². The smallest absolute Gasteiger partial charge is 0.410 e. The third kappa shape index (κ3) is 4.82. The summed E-state index contributed by atoms with van der Waals surface area (Å²) in [4.78, 5) is 16.6. The summed E-state index contributed by atoms with van der Waals surface area (Å²) >= 11 is 5.79. The summed E-state index contributed by atoms with van der Waals surface area (Å²) in [6.45, 7) is 10.2. The second kappa shape index (κ2) is 7.08. The molecule has 0 radical (unpaired) electrons. The van der Waals surface area contributed by atoms with E-state index in [0.29, 0.717) is 5.15 Å². The Hall–Kier alpha value is -1.40. The first-order valence-electron chi connectivity index (χ1n) is 8.93. The molecule has 138 valence electrons. The van der Waals surface area contributed by atoms with Crippen molar-refractivity contribution in [2.24, 2.45) is 5.41 Å². The molecule has 2 aliphatic heterocycles. The standard InChI is InChI=1S/C18H27ClN4O2/c1-17(2,3)25-16(24)23-11-8-18(13-23)6-9-22(10-7-18)12-14-4-5-15(19)21-20-14/h4-5H,6-13H2,1-3H3. The number of ether oxygens (including phenoxy) is 1. The van der Waals surface area contributed by atoms with E-state index in [1.807, 2.05) is 31.7 Å². The van der Waals surface area contributed by atoms with E-state index in [1.165, 1.54) is 0 Å². The fourth-order valence-corrected chi connectivity index (χ4v) is 3.77. The van der Waals surface area contributed by atoms with Gasteiger partial charge >= 0.3 is 6.09 Å². The quantitative estimate of drug-likeness (QED) is 0.803. The maximum Gasteiger partial charge on any atom is 0.410 e. The zero-order valence-electron chi connectivity index (χ0n) is 15.3. The lowest BCUT2D eigenvalue weighted by atomic mass is 9.78. The minimum Gasteiger partial charge on any atom is -0.444 e. The molecular formula is C18H27ClN4O2. The highest BCUT2D eigenvalue weighted by Gasteiger charge is 2.43. The topological polar surface area (TPSA) is 58.6 Å². The van der Waals surface area contributed by atoms with Crippen LogP contribution in [0.5, 0.6) is 0 Å². The Morgan fingerprint density at radius 3 is 2.48 bits per heavy atom. The third-order valence-electron chi connectivity index (χ3n) is 5.08. The molecule has 25 heavy (non-hydrogen) atoms. The summed E-state index contributed by atoms with van der Waals surface area (Å²) in [6.07, 6.45) is 3.10. The van der Waals surface area contributed by atoms with Gasteiger partial charge in [0.1, 0.15) is 5.60 Å². The number of rotatable bonds is 2. The van der Waals surface area contributed by atoms with E-state index >= 15 is 0 Å². The second-order valence-electron chi connectivity index (χ2n) is 8.28. The van der Waals surface area contributed by atoms with Gasteiger partial charge in [0.15, 0.2) is 5.15 Å². The Kier molecular flexibility index (Phi) is 5.21. The molecule has 0 saturated carbocycles. The number of amides is 1. The van der Waals surface area contributed by atoms with Crippen molar-refractivity contribution in [3.8, 4) is 0 Å². The number of hydrogen-bond donors (Lipinski definition) is 0. The first kappa shape index (κ1) is 18.4. The van der Waals surface area contributed by atoms with Crippen LogP contribution in [0.25, 0.3) is 0 Å². The average Bonchev–Trinajstić information content (AvgIpc) is 2.95. The maximum absolute atomic E-state index is 12.3. The van der Waals surface area contributed by atoms with Crippen molar-refractivity contribution >= 4 is 17.7 Å². The lowest BCUT2D eigenvalue weighted by molar-refractivity contribution is 0.0245. The minimum atomic E-state index is -0.435. The predicted octanol–water partition coefficient (Wildman–Crippen LogP) is 3.35. The lowest BCUT2D eigenvalue weighted by Gasteiger charge is -2.39. The van der Waals surface area contributed by atoms with Gasteiger partial charge in [-0.05, 0) is 70.7 Å². The lowest BCUT2D eigenvalue weighted by Crippen LogP contribution is -2.42. The van der Waals surface area contributed by atoms with Crippen LogP contribution in [0.15, 0.2) is 12.1 Å². The van der Waals surface area contributed by atoms with Gasteiger partial charge in [-0.25, -0.2) is 4.79 Å². The number of aromatic nitrogens is 2. The SMILES string of the molecule is CC(C)(C)OC(=O)N1CCC2(CCN(Cc3ccc(Cl)nn3)CC2)C1. The maximum atomic E-state index is 12.3. The van der Waals surface area contributed by atoms with Gasteiger partial charge in [-0.2, -0.15) is 5.10 Å². The Bertz CT molecular complexity index is 606. The molecule has 6 nitrogen and oxygen atoms in total. The van der Waals surface area contributed by atoms with Crippen LogP contribution in [0.3, 0.4) is 0 Å². The highest BCUT2D eigenvalue weighted by atomic mass is 35.5. The summed E-state index contributed by atoms with van der Waals surface area (Å²) in [7, 11) is 0. The van der Waals surface area contributed by atoms with Gasteiger partial charge in [0, 0.05) is 19.6 Å². The molecular weight excluding hydrogens is 340 g/mol. The van der Waals surface area contributed by atoms with E-state index < -0.39 is 5.60 Å². The van der Waals surface area contributed by atoms with Crippen LogP contribution in [0.2, 0.25) is 5.15 Å². The molecule has 0 bridgehead atoms. The zero-order chi connectivity index (χ0) is 18.1. The van der Waals surface area contributed by atoms with Gasteiger partial charge in [-0.3, -0.25) is 4.90 Å². The number of hydrogen-bond acceptors (Lipinski definition) is 5. The van der Waals surface area contributed by atoms with Crippen molar-refractivity contribution in [2.45, 2.75) is 52.2 Å². The Morgan fingerprint density at radius 2 is 1.88 bits per heavy atom. The van der Waals surface area contributed by atoms with E-state index in [2.05, 4.69) is 15.1 Å². The molecule has 0 unspecified atom stereocenters. The average molecular weight is 367 g/mol. The molecule has 1 aromatic rings. The Balaban J connectivity index is 1.50. The largest absolute Gasteiger partial charge is 0.444 e. The predicted molar refractivity (Wildman–Crippen MR) is 96.4 cm³/mol. The van der Waals surface area contributed by atoms with E-state index in [0.717, 1.165) is 57.7 Å². The van der Waals surface area contributed by atoms with Crippen LogP contribution in [0.1, 0.15) is 45.7 Å². The molecule has 0 N–H and O–H groups in total. The summed E-state index contributed by atoms with van der Waals surface area (Å²) in [6, 6.07) is 3.71. The summed E-state index contributed by atoms with van der Waals surface area (Å²) in [5.41, 5.74) is 0.761. The minimum absolute atomic E-state index is 0.178. The van der Waals surface area contributed by atoms with E-state index in [-0.39, 0.29) is 11.5 Å². The molecule has 1 aromatic heterocycles. The summed E-state index contributed by atoms with van der Waals surface area (Å²) in [5.74, 6) is 0. The van der Waals surface area contributed by atoms with Crippen molar-refractivity contribution in [3.05, 3.63) is 23.0 Å². The first-order valence-corrected chi connectivity index (χ1v) is 9.31. The molecule has 3 rings (SSSR count). The number of carbonyl (C=O) groups excluding carboxylic acids is 1. The van der Waals surface area contributed by atoms with Gasteiger partial charge in [-0.15, -0.1) is 5.10 Å². The van der Waals surface area contributed by atoms with Crippen LogP contribution in [0, 0.1) is 5.41 Å². The van der Waals surface area contributed by atoms with Crippen LogP contribution >= 0.6 is 11.6 Å². The molecule has 1 spiro atoms. The van der Waals surface area contributed by atoms with Gasteiger partial charge < -0.3 is 9.64 Å². The van der Waals surface area contributed by atoms with E-state index in [4.69, 9.17) is 16.3 Å². The first-order chi connectivity index (χ1) is 11.7. The summed E-state index contributed by atoms with van der Waals surface area (Å²) in [5, 5.41) is 8.47. The van der Waals surface area contributed by atoms with E-state index in [1.54, 1.807) is 6.07 Å². The van der Waals surface area contributed by atoms with Gasteiger partial charge in [0.05, 0.1) is 5.69 Å². The zero-order valence-corrected chi connectivity index (χ0v) is 16.1. The molecule has 1 amide bonds. The number of likely N-dealkylation sites (tertiary alicyclic amines) is 2. The number of halogens is 1. The van der Waals surface area contributed by atoms with Gasteiger partial charge in [0.25, 0.3) is 0 Å². The van der Waals surface area contributed by atoms with Crippen LogP contribution < -0.4 is 0 Å². The number of piperidine rings is 1. The van der Waals surface area contributed by atoms with Crippen molar-refractivity contribution in [1.29, 1.82) is 0 Å². The van der Waals surface area contributed by atoms with Gasteiger partial charge in [0.2, 0.25) is 0 Å². The monoisotopic (exact) mass is 366 g/mol. The number of nitrogens with zero attached hydrogens (tertiary/aromatic N) is 4. The van der Waals surface area contributed by atoms with Crippen LogP contribution in [0.4, 0.5) is 4.79 Å².